The maximum Gasteiger partial charge on any atom is 0.271 e. The SMILES string of the molecule is CC(C)[C@@H]1NC(=O)[C@H](C)NC(=O)c2csc(n2)[C@H](Cc2ccccc2)NC(=O)CN(C(=O)COc2ccccc2Cl)CCN(C)C(=O)[C@@H](C)NC1=O. The van der Waals surface area contributed by atoms with Gasteiger partial charge in [0, 0.05) is 25.5 Å². The molecule has 0 aliphatic carbocycles. The van der Waals surface area contributed by atoms with E-state index < -0.39 is 66.2 Å². The fourth-order valence-corrected chi connectivity index (χ4v) is 6.37. The molecule has 0 saturated heterocycles. The molecule has 1 aliphatic rings. The second kappa shape index (κ2) is 18.5. The summed E-state index contributed by atoms with van der Waals surface area (Å²) in [5.74, 6) is -3.37. The molecule has 278 valence electrons. The maximum absolute atomic E-state index is 13.7. The molecule has 14 nitrogen and oxygen atoms in total. The monoisotopic (exact) mass is 753 g/mol. The molecule has 2 bridgehead atoms. The van der Waals surface area contributed by atoms with Crippen molar-refractivity contribution in [2.45, 2.75) is 58.3 Å². The van der Waals surface area contributed by atoms with Gasteiger partial charge in [-0.25, -0.2) is 4.98 Å². The van der Waals surface area contributed by atoms with Gasteiger partial charge in [0.2, 0.25) is 23.6 Å². The van der Waals surface area contributed by atoms with Gasteiger partial charge in [-0.15, -0.1) is 11.3 Å². The molecular weight excluding hydrogens is 710 g/mol. The number of nitrogens with zero attached hydrogens (tertiary/aromatic N) is 3. The second-order valence-electron chi connectivity index (χ2n) is 12.8. The van der Waals surface area contributed by atoms with Crippen molar-refractivity contribution in [2.24, 2.45) is 5.92 Å². The van der Waals surface area contributed by atoms with Crippen LogP contribution in [0.3, 0.4) is 0 Å². The van der Waals surface area contributed by atoms with Crippen molar-refractivity contribution in [3.8, 4) is 5.75 Å². The van der Waals surface area contributed by atoms with Crippen LogP contribution in [0.1, 0.15) is 54.8 Å². The molecule has 0 spiro atoms. The quantitative estimate of drug-likeness (QED) is 0.296. The second-order valence-corrected chi connectivity index (χ2v) is 14.1. The van der Waals surface area contributed by atoms with Crippen molar-refractivity contribution in [3.05, 3.63) is 81.3 Å². The lowest BCUT2D eigenvalue weighted by Gasteiger charge is -2.29. The van der Waals surface area contributed by atoms with Crippen molar-refractivity contribution in [3.63, 3.8) is 0 Å². The van der Waals surface area contributed by atoms with Gasteiger partial charge in [0.1, 0.15) is 34.6 Å². The topological polar surface area (TPSA) is 179 Å². The van der Waals surface area contributed by atoms with Crippen LogP contribution < -0.4 is 26.0 Å². The molecule has 0 unspecified atom stereocenters. The van der Waals surface area contributed by atoms with E-state index in [9.17, 15) is 28.8 Å². The standard InChI is InChI=1S/C36H44ClN7O7S/c1-21(2)31-34(49)39-23(4)36(50)43(5)15-16-44(30(46)19-51-28-14-10-9-13-25(28)37)18-29(45)40-26(17-24-11-7-6-8-12-24)35-41-27(20-52-35)33(48)38-22(3)32(47)42-31/h6-14,20-23,26,31H,15-19H2,1-5H3,(H,38,48)(H,39,49)(H,40,45)(H,42,47)/t22-,23+,26-,31-/m0/s1. The Kier molecular flexibility index (Phi) is 14.1. The third-order valence-electron chi connectivity index (χ3n) is 8.34. The normalized spacial score (nSPS) is 21.4. The predicted octanol–water partition coefficient (Wildman–Crippen LogP) is 2.34. The number of ether oxygens (including phenoxy) is 1. The predicted molar refractivity (Wildman–Crippen MR) is 196 cm³/mol. The fourth-order valence-electron chi connectivity index (χ4n) is 5.33. The number of halogens is 1. The molecule has 4 rings (SSSR count). The average molecular weight is 754 g/mol. The number of rotatable bonds is 6. The first-order valence-electron chi connectivity index (χ1n) is 16.8. The van der Waals surface area contributed by atoms with Gasteiger partial charge < -0.3 is 35.8 Å². The number of carbonyl (C=O) groups excluding carboxylic acids is 6. The highest BCUT2D eigenvalue weighted by Crippen LogP contribution is 2.24. The Morgan fingerprint density at radius 1 is 0.923 bits per heavy atom. The zero-order valence-corrected chi connectivity index (χ0v) is 31.3. The zero-order chi connectivity index (χ0) is 37.9. The molecule has 16 heteroatoms. The Balaban J connectivity index is 1.65. The van der Waals surface area contributed by atoms with Crippen molar-refractivity contribution in [2.75, 3.05) is 33.3 Å². The summed E-state index contributed by atoms with van der Waals surface area (Å²) in [4.78, 5) is 87.3. The van der Waals surface area contributed by atoms with Crippen molar-refractivity contribution in [1.29, 1.82) is 0 Å². The number of para-hydroxylation sites is 1. The van der Waals surface area contributed by atoms with Gasteiger partial charge in [-0.3, -0.25) is 28.8 Å². The number of likely N-dealkylation sites (N-methyl/N-ethyl adjacent to an activating group) is 1. The van der Waals surface area contributed by atoms with E-state index in [0.29, 0.717) is 22.2 Å². The summed E-state index contributed by atoms with van der Waals surface area (Å²) >= 11 is 7.37. The molecule has 0 fully saturated rings. The van der Waals surface area contributed by atoms with Crippen LogP contribution in [-0.4, -0.2) is 102 Å². The number of aromatic nitrogens is 1. The van der Waals surface area contributed by atoms with E-state index in [4.69, 9.17) is 16.3 Å². The Bertz CT molecular complexity index is 1760. The number of benzene rings is 2. The smallest absolute Gasteiger partial charge is 0.271 e. The average Bonchev–Trinajstić information content (AvgIpc) is 3.61. The van der Waals surface area contributed by atoms with Crippen LogP contribution in [0.5, 0.6) is 5.75 Å². The van der Waals surface area contributed by atoms with E-state index >= 15 is 0 Å². The van der Waals surface area contributed by atoms with Crippen LogP contribution in [-0.2, 0) is 30.4 Å². The van der Waals surface area contributed by atoms with Crippen molar-refractivity contribution >= 4 is 58.4 Å². The number of hydrogen-bond donors (Lipinski definition) is 4. The van der Waals surface area contributed by atoms with Crippen LogP contribution in [0.25, 0.3) is 0 Å². The first kappa shape index (κ1) is 39.8. The Hall–Kier alpha value is -5.02. The van der Waals surface area contributed by atoms with Crippen LogP contribution in [0, 0.1) is 5.92 Å². The van der Waals surface area contributed by atoms with E-state index in [2.05, 4.69) is 26.3 Å². The number of fused-ring (bicyclic) bond motifs is 2. The van der Waals surface area contributed by atoms with Gasteiger partial charge in [-0.1, -0.05) is 67.9 Å². The van der Waals surface area contributed by atoms with Crippen LogP contribution in [0.15, 0.2) is 60.0 Å². The van der Waals surface area contributed by atoms with Gasteiger partial charge in [0.15, 0.2) is 6.61 Å². The molecule has 1 aromatic heterocycles. The summed E-state index contributed by atoms with van der Waals surface area (Å²) in [6.45, 7) is 5.64. The van der Waals surface area contributed by atoms with Crippen LogP contribution >= 0.6 is 22.9 Å². The first-order valence-corrected chi connectivity index (χ1v) is 18.1. The minimum atomic E-state index is -1.03. The lowest BCUT2D eigenvalue weighted by molar-refractivity contribution is -0.140. The molecule has 2 heterocycles. The molecule has 2 aromatic carbocycles. The molecule has 52 heavy (non-hydrogen) atoms. The minimum Gasteiger partial charge on any atom is -0.482 e. The summed E-state index contributed by atoms with van der Waals surface area (Å²) < 4.78 is 5.68. The van der Waals surface area contributed by atoms with E-state index in [1.807, 2.05) is 30.3 Å². The Labute approximate surface area is 311 Å². The molecule has 4 atom stereocenters. The number of nitrogens with one attached hydrogen (secondary N) is 4. The summed E-state index contributed by atoms with van der Waals surface area (Å²) in [5, 5.41) is 13.2. The number of hydrogen-bond acceptors (Lipinski definition) is 9. The highest BCUT2D eigenvalue weighted by molar-refractivity contribution is 7.09. The highest BCUT2D eigenvalue weighted by atomic mass is 35.5. The fraction of sp³-hybridized carbons (Fsp3) is 0.417. The van der Waals surface area contributed by atoms with Gasteiger partial charge in [0.25, 0.3) is 11.8 Å². The third kappa shape index (κ3) is 11.0. The van der Waals surface area contributed by atoms with Crippen molar-refractivity contribution in [1.82, 2.24) is 36.1 Å². The minimum absolute atomic E-state index is 0.0169. The molecule has 1 aliphatic heterocycles. The summed E-state index contributed by atoms with van der Waals surface area (Å²) in [6, 6.07) is 12.3. The highest BCUT2D eigenvalue weighted by Gasteiger charge is 2.31. The van der Waals surface area contributed by atoms with Crippen LogP contribution in [0.4, 0.5) is 0 Å². The number of thiazole rings is 1. The van der Waals surface area contributed by atoms with Gasteiger partial charge >= 0.3 is 0 Å². The van der Waals surface area contributed by atoms with E-state index in [-0.39, 0.29) is 31.2 Å². The Morgan fingerprint density at radius 3 is 2.31 bits per heavy atom. The summed E-state index contributed by atoms with van der Waals surface area (Å²) in [5.41, 5.74) is 0.933. The number of carbonyl (C=O) groups is 6. The zero-order valence-electron chi connectivity index (χ0n) is 29.7. The molecule has 0 radical (unpaired) electrons. The van der Waals surface area contributed by atoms with Gasteiger partial charge in [-0.2, -0.15) is 0 Å². The summed E-state index contributed by atoms with van der Waals surface area (Å²) in [6.07, 6.45) is 0.330. The van der Waals surface area contributed by atoms with Crippen molar-refractivity contribution < 1.29 is 33.5 Å². The molecule has 0 saturated carbocycles. The summed E-state index contributed by atoms with van der Waals surface area (Å²) in [7, 11) is 1.52. The largest absolute Gasteiger partial charge is 0.482 e. The van der Waals surface area contributed by atoms with E-state index in [0.717, 1.165) is 16.9 Å². The molecule has 6 amide bonds. The first-order chi connectivity index (χ1) is 24.7. The third-order valence-corrected chi connectivity index (χ3v) is 9.61. The lowest BCUT2D eigenvalue weighted by Crippen LogP contribution is -2.57. The Morgan fingerprint density at radius 2 is 1.62 bits per heavy atom. The lowest BCUT2D eigenvalue weighted by atomic mass is 10.0. The van der Waals surface area contributed by atoms with Gasteiger partial charge in [0.05, 0.1) is 17.6 Å². The van der Waals surface area contributed by atoms with E-state index in [1.165, 1.54) is 36.1 Å². The van der Waals surface area contributed by atoms with E-state index in [1.54, 1.807) is 38.1 Å². The van der Waals surface area contributed by atoms with Crippen LogP contribution in [0.2, 0.25) is 5.02 Å². The number of amides is 6. The van der Waals surface area contributed by atoms with Gasteiger partial charge in [-0.05, 0) is 43.9 Å². The molecule has 4 N–H and O–H groups in total. The maximum atomic E-state index is 13.7. The molecular formula is C36H44ClN7O7S. The molecule has 3 aromatic rings.